The number of furan rings is 1. The van der Waals surface area contributed by atoms with Crippen molar-refractivity contribution in [3.8, 4) is 16.9 Å². The quantitative estimate of drug-likeness (QED) is 0.283. The number of halogens is 1. The van der Waals surface area contributed by atoms with Crippen LogP contribution in [0.3, 0.4) is 0 Å². The molecule has 1 aliphatic rings. The molecule has 2 heterocycles. The second kappa shape index (κ2) is 8.58. The number of para-hydroxylation sites is 1. The topological polar surface area (TPSA) is 42.7 Å². The van der Waals surface area contributed by atoms with Gasteiger partial charge in [-0.1, -0.05) is 66.7 Å². The van der Waals surface area contributed by atoms with Crippen molar-refractivity contribution in [2.45, 2.75) is 18.9 Å². The fourth-order valence-corrected chi connectivity index (χ4v) is 5.16. The fourth-order valence-electron chi connectivity index (χ4n) is 5.16. The smallest absolute Gasteiger partial charge is 0.223 e. The van der Waals surface area contributed by atoms with Crippen LogP contribution in [0.4, 0.5) is 4.39 Å². The maximum atomic E-state index is 15.0. The van der Waals surface area contributed by atoms with E-state index in [9.17, 15) is 9.18 Å². The third-order valence-electron chi connectivity index (χ3n) is 6.92. The minimum Gasteiger partial charge on any atom is -0.493 e. The average Bonchev–Trinajstić information content (AvgIpc) is 3.46. The SMILES string of the molecule is COc1ccc(C2CC(=O)N(Cc3ccc(-c4ccccc4)cc3F)C2)c2c1oc1ccccc12. The van der Waals surface area contributed by atoms with E-state index in [0.717, 1.165) is 33.0 Å². The highest BCUT2D eigenvalue weighted by Crippen LogP contribution is 2.42. The Bertz CT molecular complexity index is 1560. The molecule has 1 saturated heterocycles. The number of fused-ring (bicyclic) bond motifs is 3. The van der Waals surface area contributed by atoms with Gasteiger partial charge in [0.05, 0.1) is 7.11 Å². The summed E-state index contributed by atoms with van der Waals surface area (Å²) in [6, 6.07) is 26.8. The lowest BCUT2D eigenvalue weighted by molar-refractivity contribution is -0.128. The Hall–Kier alpha value is -4.12. The van der Waals surface area contributed by atoms with Crippen molar-refractivity contribution in [1.82, 2.24) is 4.90 Å². The van der Waals surface area contributed by atoms with E-state index in [1.165, 1.54) is 0 Å². The van der Waals surface area contributed by atoms with Crippen molar-refractivity contribution < 1.29 is 18.3 Å². The molecule has 0 N–H and O–H groups in total. The fraction of sp³-hybridized carbons (Fsp3) is 0.167. The monoisotopic (exact) mass is 465 g/mol. The average molecular weight is 466 g/mol. The van der Waals surface area contributed by atoms with Crippen LogP contribution < -0.4 is 4.74 Å². The van der Waals surface area contributed by atoms with Crippen LogP contribution in [0.5, 0.6) is 5.75 Å². The molecule has 174 valence electrons. The molecular weight excluding hydrogens is 441 g/mol. The van der Waals surface area contributed by atoms with Gasteiger partial charge in [0.2, 0.25) is 5.91 Å². The lowest BCUT2D eigenvalue weighted by Gasteiger charge is -2.18. The molecule has 5 aromatic rings. The van der Waals surface area contributed by atoms with Crippen LogP contribution in [0.25, 0.3) is 33.1 Å². The molecule has 1 fully saturated rings. The molecule has 5 heteroatoms. The van der Waals surface area contributed by atoms with Crippen molar-refractivity contribution in [2.75, 3.05) is 13.7 Å². The van der Waals surface area contributed by atoms with E-state index in [4.69, 9.17) is 9.15 Å². The Balaban J connectivity index is 1.30. The number of benzene rings is 4. The van der Waals surface area contributed by atoms with Gasteiger partial charge in [-0.25, -0.2) is 4.39 Å². The van der Waals surface area contributed by atoms with Crippen LogP contribution in [0.1, 0.15) is 23.5 Å². The second-order valence-corrected chi connectivity index (χ2v) is 9.01. The minimum absolute atomic E-state index is 0.0106. The summed E-state index contributed by atoms with van der Waals surface area (Å²) in [4.78, 5) is 14.7. The van der Waals surface area contributed by atoms with Crippen molar-refractivity contribution in [1.29, 1.82) is 0 Å². The molecule has 1 aromatic heterocycles. The first-order valence-corrected chi connectivity index (χ1v) is 11.7. The van der Waals surface area contributed by atoms with E-state index >= 15 is 0 Å². The van der Waals surface area contributed by atoms with Crippen LogP contribution in [0.15, 0.2) is 89.3 Å². The summed E-state index contributed by atoms with van der Waals surface area (Å²) in [7, 11) is 1.63. The number of amides is 1. The molecule has 1 amide bonds. The number of hydrogen-bond donors (Lipinski definition) is 0. The second-order valence-electron chi connectivity index (χ2n) is 9.01. The van der Waals surface area contributed by atoms with E-state index in [0.29, 0.717) is 29.9 Å². The summed E-state index contributed by atoms with van der Waals surface area (Å²) < 4.78 is 26.6. The Morgan fingerprint density at radius 1 is 0.971 bits per heavy atom. The molecular formula is C30H24FNO3. The molecule has 4 aromatic carbocycles. The highest BCUT2D eigenvalue weighted by Gasteiger charge is 2.33. The molecule has 0 saturated carbocycles. The standard InChI is InChI=1S/C30H24FNO3/c1-34-27-14-13-23(29-24-9-5-6-10-26(24)35-30(27)29)22-16-28(33)32(18-22)17-21-12-11-20(15-25(21)31)19-7-3-2-4-8-19/h2-15,22H,16-18H2,1H3. The van der Waals surface area contributed by atoms with Crippen LogP contribution in [0.2, 0.25) is 0 Å². The molecule has 0 aliphatic carbocycles. The van der Waals surface area contributed by atoms with Gasteiger partial charge < -0.3 is 14.1 Å². The van der Waals surface area contributed by atoms with Crippen molar-refractivity contribution in [3.05, 3.63) is 102 Å². The van der Waals surface area contributed by atoms with E-state index in [2.05, 4.69) is 0 Å². The number of ether oxygens (including phenoxy) is 1. The highest BCUT2D eigenvalue weighted by molar-refractivity contribution is 6.09. The first kappa shape index (κ1) is 21.4. The lowest BCUT2D eigenvalue weighted by atomic mass is 9.93. The molecule has 6 rings (SSSR count). The molecule has 1 aliphatic heterocycles. The Labute approximate surface area is 202 Å². The Morgan fingerprint density at radius 3 is 2.57 bits per heavy atom. The van der Waals surface area contributed by atoms with Gasteiger partial charge in [0.15, 0.2) is 11.3 Å². The molecule has 4 nitrogen and oxygen atoms in total. The van der Waals surface area contributed by atoms with Gasteiger partial charge in [-0.15, -0.1) is 0 Å². The van der Waals surface area contributed by atoms with E-state index in [-0.39, 0.29) is 24.2 Å². The number of carbonyl (C=O) groups excluding carboxylic acids is 1. The maximum absolute atomic E-state index is 15.0. The van der Waals surface area contributed by atoms with Crippen molar-refractivity contribution >= 4 is 27.8 Å². The van der Waals surface area contributed by atoms with Crippen LogP contribution >= 0.6 is 0 Å². The van der Waals surface area contributed by atoms with Crippen LogP contribution in [-0.2, 0) is 11.3 Å². The summed E-state index contributed by atoms with van der Waals surface area (Å²) in [5.41, 5.74) is 4.85. The summed E-state index contributed by atoms with van der Waals surface area (Å²) in [5.74, 6) is 0.388. The summed E-state index contributed by atoms with van der Waals surface area (Å²) in [5, 5.41) is 1.99. The maximum Gasteiger partial charge on any atom is 0.223 e. The predicted molar refractivity (Wildman–Crippen MR) is 135 cm³/mol. The van der Waals surface area contributed by atoms with Gasteiger partial charge >= 0.3 is 0 Å². The van der Waals surface area contributed by atoms with Crippen molar-refractivity contribution in [3.63, 3.8) is 0 Å². The zero-order valence-electron chi connectivity index (χ0n) is 19.3. The van der Waals surface area contributed by atoms with Gasteiger partial charge in [-0.3, -0.25) is 4.79 Å². The molecule has 0 spiro atoms. The van der Waals surface area contributed by atoms with Gasteiger partial charge in [0.25, 0.3) is 0 Å². The number of carbonyl (C=O) groups is 1. The minimum atomic E-state index is -0.296. The molecule has 35 heavy (non-hydrogen) atoms. The van der Waals surface area contributed by atoms with Crippen LogP contribution in [0, 0.1) is 5.82 Å². The summed E-state index contributed by atoms with van der Waals surface area (Å²) >= 11 is 0. The highest BCUT2D eigenvalue weighted by atomic mass is 19.1. The molecule has 0 radical (unpaired) electrons. The van der Waals surface area contributed by atoms with Gasteiger partial charge in [0, 0.05) is 41.8 Å². The predicted octanol–water partition coefficient (Wildman–Crippen LogP) is 6.92. The largest absolute Gasteiger partial charge is 0.493 e. The first-order chi connectivity index (χ1) is 17.1. The summed E-state index contributed by atoms with van der Waals surface area (Å²) in [6.45, 7) is 0.779. The number of hydrogen-bond acceptors (Lipinski definition) is 3. The van der Waals surface area contributed by atoms with Gasteiger partial charge in [0.1, 0.15) is 11.4 Å². The third-order valence-corrected chi connectivity index (χ3v) is 6.92. The zero-order valence-corrected chi connectivity index (χ0v) is 19.3. The number of nitrogens with zero attached hydrogens (tertiary/aromatic N) is 1. The Kier molecular flexibility index (Phi) is 5.25. The molecule has 1 atom stereocenters. The number of rotatable bonds is 5. The van der Waals surface area contributed by atoms with Gasteiger partial charge in [-0.2, -0.15) is 0 Å². The number of methoxy groups -OCH3 is 1. The zero-order chi connectivity index (χ0) is 23.9. The molecule has 1 unspecified atom stereocenters. The van der Waals surface area contributed by atoms with Crippen LogP contribution in [-0.4, -0.2) is 24.5 Å². The van der Waals surface area contributed by atoms with Gasteiger partial charge in [-0.05, 0) is 34.9 Å². The van der Waals surface area contributed by atoms with E-state index in [1.807, 2.05) is 72.8 Å². The lowest BCUT2D eigenvalue weighted by Crippen LogP contribution is -2.25. The van der Waals surface area contributed by atoms with E-state index in [1.54, 1.807) is 24.1 Å². The third kappa shape index (κ3) is 3.73. The molecule has 0 bridgehead atoms. The van der Waals surface area contributed by atoms with Crippen molar-refractivity contribution in [2.24, 2.45) is 0 Å². The summed E-state index contributed by atoms with van der Waals surface area (Å²) in [6.07, 6.45) is 0.380. The Morgan fingerprint density at radius 2 is 1.77 bits per heavy atom. The number of likely N-dealkylation sites (tertiary alicyclic amines) is 1. The van der Waals surface area contributed by atoms with E-state index < -0.39 is 0 Å². The first-order valence-electron chi connectivity index (χ1n) is 11.7. The normalized spacial score (nSPS) is 15.9.